The average molecular weight is 328 g/mol. The molecule has 5 nitrogen and oxygen atoms in total. The summed E-state index contributed by atoms with van der Waals surface area (Å²) < 4.78 is 5.23. The standard InChI is InChI=1S/C19H24N2O3/c1-4-24-18(23)19(3)10-7-11-21(19)12-16(22)17-13(2)20-15-9-6-5-8-14(15)17/h5-6,8-9,20H,4,7,10-12H2,1-3H3/t19-/m1/s1. The lowest BCUT2D eigenvalue weighted by Crippen LogP contribution is -2.50. The SMILES string of the molecule is CCOC(=O)[C@@]1(C)CCCN1CC(=O)c1c(C)[nH]c2ccccc12. The summed E-state index contributed by atoms with van der Waals surface area (Å²) in [7, 11) is 0. The van der Waals surface area contributed by atoms with Crippen LogP contribution in [0.4, 0.5) is 0 Å². The lowest BCUT2D eigenvalue weighted by atomic mass is 9.98. The maximum Gasteiger partial charge on any atom is 0.326 e. The number of aromatic nitrogens is 1. The third kappa shape index (κ3) is 2.73. The van der Waals surface area contributed by atoms with Crippen LogP contribution in [0.5, 0.6) is 0 Å². The van der Waals surface area contributed by atoms with E-state index in [1.54, 1.807) is 6.92 Å². The van der Waals surface area contributed by atoms with Gasteiger partial charge in [0.1, 0.15) is 5.54 Å². The number of H-pyrrole nitrogens is 1. The number of ether oxygens (including phenoxy) is 1. The maximum atomic E-state index is 13.0. The van der Waals surface area contributed by atoms with Crippen molar-refractivity contribution in [1.29, 1.82) is 0 Å². The number of esters is 1. The third-order valence-corrected chi connectivity index (χ3v) is 5.01. The highest BCUT2D eigenvalue weighted by Gasteiger charge is 2.45. The third-order valence-electron chi connectivity index (χ3n) is 5.01. The number of hydrogen-bond donors (Lipinski definition) is 1. The minimum absolute atomic E-state index is 0.0439. The summed E-state index contributed by atoms with van der Waals surface area (Å²) in [4.78, 5) is 30.5. The quantitative estimate of drug-likeness (QED) is 0.677. The van der Waals surface area contributed by atoms with E-state index < -0.39 is 5.54 Å². The topological polar surface area (TPSA) is 62.4 Å². The molecular weight excluding hydrogens is 304 g/mol. The molecule has 0 unspecified atom stereocenters. The highest BCUT2D eigenvalue weighted by Crippen LogP contribution is 2.31. The summed E-state index contributed by atoms with van der Waals surface area (Å²) in [5.74, 6) is -0.187. The molecule has 0 saturated carbocycles. The Labute approximate surface area is 142 Å². The van der Waals surface area contributed by atoms with Gasteiger partial charge in [-0.1, -0.05) is 18.2 Å². The Balaban J connectivity index is 1.86. The van der Waals surface area contributed by atoms with Gasteiger partial charge in [0.05, 0.1) is 13.2 Å². The number of carbonyl (C=O) groups excluding carboxylic acids is 2. The molecule has 0 spiro atoms. The van der Waals surface area contributed by atoms with Gasteiger partial charge in [0, 0.05) is 22.2 Å². The van der Waals surface area contributed by atoms with Crippen molar-refractivity contribution in [3.63, 3.8) is 0 Å². The Morgan fingerprint density at radius 1 is 1.33 bits per heavy atom. The predicted molar refractivity (Wildman–Crippen MR) is 93.2 cm³/mol. The fourth-order valence-corrected chi connectivity index (χ4v) is 3.68. The smallest absolute Gasteiger partial charge is 0.326 e. The second-order valence-electron chi connectivity index (χ2n) is 6.61. The number of nitrogens with zero attached hydrogens (tertiary/aromatic N) is 1. The molecule has 0 amide bonds. The average Bonchev–Trinajstić information content (AvgIpc) is 3.08. The van der Waals surface area contributed by atoms with E-state index in [0.717, 1.165) is 41.5 Å². The molecule has 1 aliphatic heterocycles. The van der Waals surface area contributed by atoms with Crippen molar-refractivity contribution in [2.24, 2.45) is 0 Å². The molecule has 3 rings (SSSR count). The molecule has 0 aliphatic carbocycles. The fourth-order valence-electron chi connectivity index (χ4n) is 3.68. The van der Waals surface area contributed by atoms with Crippen molar-refractivity contribution in [1.82, 2.24) is 9.88 Å². The van der Waals surface area contributed by atoms with Crippen molar-refractivity contribution in [2.45, 2.75) is 39.2 Å². The molecule has 1 atom stereocenters. The van der Waals surface area contributed by atoms with Crippen LogP contribution in [-0.2, 0) is 9.53 Å². The highest BCUT2D eigenvalue weighted by atomic mass is 16.5. The number of hydrogen-bond acceptors (Lipinski definition) is 4. The number of ketones is 1. The Kier molecular flexibility index (Phi) is 4.45. The van der Waals surface area contributed by atoms with Gasteiger partial charge in [0.15, 0.2) is 5.78 Å². The van der Waals surface area contributed by atoms with Gasteiger partial charge >= 0.3 is 5.97 Å². The molecule has 24 heavy (non-hydrogen) atoms. The normalized spacial score (nSPS) is 21.3. The first-order chi connectivity index (χ1) is 11.5. The van der Waals surface area contributed by atoms with Gasteiger partial charge in [0.2, 0.25) is 0 Å². The molecule has 0 radical (unpaired) electrons. The fraction of sp³-hybridized carbons (Fsp3) is 0.474. The number of aromatic amines is 1. The Morgan fingerprint density at radius 2 is 2.08 bits per heavy atom. The zero-order valence-corrected chi connectivity index (χ0v) is 14.5. The lowest BCUT2D eigenvalue weighted by Gasteiger charge is -2.32. The van der Waals surface area contributed by atoms with E-state index in [9.17, 15) is 9.59 Å². The number of aryl methyl sites for hydroxylation is 1. The van der Waals surface area contributed by atoms with Crippen molar-refractivity contribution < 1.29 is 14.3 Å². The molecule has 1 aliphatic rings. The van der Waals surface area contributed by atoms with E-state index in [1.807, 2.05) is 43.0 Å². The van der Waals surface area contributed by atoms with E-state index in [2.05, 4.69) is 4.98 Å². The Morgan fingerprint density at radius 3 is 2.83 bits per heavy atom. The number of rotatable bonds is 5. The molecule has 1 saturated heterocycles. The number of para-hydroxylation sites is 1. The summed E-state index contributed by atoms with van der Waals surface area (Å²) in [6, 6.07) is 7.81. The number of fused-ring (bicyclic) bond motifs is 1. The first-order valence-electron chi connectivity index (χ1n) is 8.50. The molecule has 1 fully saturated rings. The lowest BCUT2D eigenvalue weighted by molar-refractivity contribution is -0.154. The van der Waals surface area contributed by atoms with Gasteiger partial charge in [0.25, 0.3) is 0 Å². The first-order valence-corrected chi connectivity index (χ1v) is 8.50. The predicted octanol–water partition coefficient (Wildman–Crippen LogP) is 3.08. The Bertz CT molecular complexity index is 780. The van der Waals surface area contributed by atoms with E-state index >= 15 is 0 Å². The van der Waals surface area contributed by atoms with Crippen LogP contribution in [0, 0.1) is 6.92 Å². The van der Waals surface area contributed by atoms with Crippen molar-refractivity contribution >= 4 is 22.7 Å². The summed E-state index contributed by atoms with van der Waals surface area (Å²) in [6.45, 7) is 6.94. The van der Waals surface area contributed by atoms with Crippen LogP contribution in [0.15, 0.2) is 24.3 Å². The molecule has 1 aromatic carbocycles. The van der Waals surface area contributed by atoms with Crippen LogP contribution in [0.25, 0.3) is 10.9 Å². The van der Waals surface area contributed by atoms with Gasteiger partial charge in [-0.05, 0) is 46.2 Å². The van der Waals surface area contributed by atoms with Crippen molar-refractivity contribution in [2.75, 3.05) is 19.7 Å². The van der Waals surface area contributed by atoms with Gasteiger partial charge in [-0.3, -0.25) is 14.5 Å². The Hall–Kier alpha value is -2.14. The molecular formula is C19H24N2O3. The number of carbonyl (C=O) groups is 2. The van der Waals surface area contributed by atoms with Gasteiger partial charge in [-0.2, -0.15) is 0 Å². The molecule has 0 bridgehead atoms. The highest BCUT2D eigenvalue weighted by molar-refractivity contribution is 6.10. The van der Waals surface area contributed by atoms with Crippen molar-refractivity contribution in [3.8, 4) is 0 Å². The van der Waals surface area contributed by atoms with Gasteiger partial charge in [-0.25, -0.2) is 0 Å². The zero-order valence-electron chi connectivity index (χ0n) is 14.5. The van der Waals surface area contributed by atoms with Crippen molar-refractivity contribution in [3.05, 3.63) is 35.5 Å². The molecule has 5 heteroatoms. The molecule has 2 aromatic rings. The maximum absolute atomic E-state index is 13.0. The number of benzene rings is 1. The van der Waals surface area contributed by atoms with E-state index in [0.29, 0.717) is 6.61 Å². The number of likely N-dealkylation sites (tertiary alicyclic amines) is 1. The second-order valence-corrected chi connectivity index (χ2v) is 6.61. The molecule has 2 heterocycles. The van der Waals surface area contributed by atoms with E-state index in [1.165, 1.54) is 0 Å². The first kappa shape index (κ1) is 16.7. The monoisotopic (exact) mass is 328 g/mol. The largest absolute Gasteiger partial charge is 0.465 e. The zero-order chi connectivity index (χ0) is 17.3. The van der Waals surface area contributed by atoms with Crippen LogP contribution in [0.1, 0.15) is 42.7 Å². The van der Waals surface area contributed by atoms with Gasteiger partial charge in [-0.15, -0.1) is 0 Å². The minimum atomic E-state index is -0.703. The summed E-state index contributed by atoms with van der Waals surface area (Å²) in [5.41, 5.74) is 1.86. The summed E-state index contributed by atoms with van der Waals surface area (Å²) in [5, 5.41) is 0.942. The molecule has 128 valence electrons. The van der Waals surface area contributed by atoms with Crippen LogP contribution in [0.2, 0.25) is 0 Å². The van der Waals surface area contributed by atoms with E-state index in [4.69, 9.17) is 4.74 Å². The van der Waals surface area contributed by atoms with Gasteiger partial charge < -0.3 is 9.72 Å². The number of Topliss-reactive ketones (excluding diaryl/α,β-unsaturated/α-hetero) is 1. The minimum Gasteiger partial charge on any atom is -0.465 e. The molecule has 1 aromatic heterocycles. The molecule has 1 N–H and O–H groups in total. The summed E-state index contributed by atoms with van der Waals surface area (Å²) in [6.07, 6.45) is 1.63. The van der Waals surface area contributed by atoms with Crippen LogP contribution >= 0.6 is 0 Å². The van der Waals surface area contributed by atoms with E-state index in [-0.39, 0.29) is 18.3 Å². The summed E-state index contributed by atoms with van der Waals surface area (Å²) >= 11 is 0. The van der Waals surface area contributed by atoms with Crippen LogP contribution < -0.4 is 0 Å². The van der Waals surface area contributed by atoms with Crippen LogP contribution in [0.3, 0.4) is 0 Å². The second kappa shape index (κ2) is 6.40. The van der Waals surface area contributed by atoms with Crippen LogP contribution in [-0.4, -0.2) is 46.9 Å². The number of nitrogens with one attached hydrogen (secondary N) is 1.